The Morgan fingerprint density at radius 1 is 1.17 bits per heavy atom. The first-order chi connectivity index (χ1) is 8.59. The van der Waals surface area contributed by atoms with Gasteiger partial charge in [-0.1, -0.05) is 42.0 Å². The van der Waals surface area contributed by atoms with E-state index in [4.69, 9.17) is 5.73 Å². The highest BCUT2D eigenvalue weighted by atomic mass is 16.3. The van der Waals surface area contributed by atoms with Crippen molar-refractivity contribution in [3.05, 3.63) is 65.2 Å². The zero-order valence-electron chi connectivity index (χ0n) is 10.4. The second-order valence-corrected chi connectivity index (χ2v) is 5.26. The van der Waals surface area contributed by atoms with Crippen LogP contribution in [-0.4, -0.2) is 5.11 Å². The van der Waals surface area contributed by atoms with Crippen LogP contribution in [0.25, 0.3) is 0 Å². The monoisotopic (exact) mass is 239 g/mol. The predicted molar refractivity (Wildman–Crippen MR) is 72.5 cm³/mol. The van der Waals surface area contributed by atoms with Gasteiger partial charge in [0, 0.05) is 11.5 Å². The Morgan fingerprint density at radius 2 is 1.89 bits per heavy atom. The van der Waals surface area contributed by atoms with Gasteiger partial charge in [-0.15, -0.1) is 0 Å². The number of nitrogens with two attached hydrogens (primary N) is 1. The minimum Gasteiger partial charge on any atom is -0.508 e. The van der Waals surface area contributed by atoms with Crippen molar-refractivity contribution in [2.75, 3.05) is 0 Å². The Hall–Kier alpha value is -1.80. The number of hydrogen-bond donors (Lipinski definition) is 2. The molecular formula is C16H17NO. The summed E-state index contributed by atoms with van der Waals surface area (Å²) in [7, 11) is 0. The summed E-state index contributed by atoms with van der Waals surface area (Å²) in [5.41, 5.74) is 9.91. The van der Waals surface area contributed by atoms with Gasteiger partial charge < -0.3 is 10.8 Å². The van der Waals surface area contributed by atoms with Crippen molar-refractivity contribution in [1.29, 1.82) is 0 Å². The van der Waals surface area contributed by atoms with E-state index in [1.165, 1.54) is 16.7 Å². The van der Waals surface area contributed by atoms with E-state index in [0.717, 1.165) is 6.42 Å². The quantitative estimate of drug-likeness (QED) is 0.846. The first-order valence-electron chi connectivity index (χ1n) is 6.24. The number of benzene rings is 2. The standard InChI is InChI=1S/C16H17NO/c1-11-3-2-4-13(9-11)16(17)10-15(16)12-5-7-14(18)8-6-12/h2-9,15,18H,10,17H2,1H3. The highest BCUT2D eigenvalue weighted by Gasteiger charge is 2.52. The lowest BCUT2D eigenvalue weighted by Gasteiger charge is -2.13. The lowest BCUT2D eigenvalue weighted by Crippen LogP contribution is -2.21. The second kappa shape index (κ2) is 3.85. The largest absolute Gasteiger partial charge is 0.508 e. The molecule has 1 aliphatic carbocycles. The van der Waals surface area contributed by atoms with E-state index < -0.39 is 0 Å². The van der Waals surface area contributed by atoms with Gasteiger partial charge in [0.25, 0.3) is 0 Å². The Balaban J connectivity index is 1.90. The molecule has 1 saturated carbocycles. The van der Waals surface area contributed by atoms with Gasteiger partial charge in [-0.2, -0.15) is 0 Å². The Morgan fingerprint density at radius 3 is 2.56 bits per heavy atom. The smallest absolute Gasteiger partial charge is 0.115 e. The molecule has 0 saturated heterocycles. The van der Waals surface area contributed by atoms with Gasteiger partial charge in [0.05, 0.1) is 0 Å². The van der Waals surface area contributed by atoms with E-state index in [1.807, 2.05) is 12.1 Å². The van der Waals surface area contributed by atoms with Gasteiger partial charge in [-0.3, -0.25) is 0 Å². The normalized spacial score (nSPS) is 26.0. The van der Waals surface area contributed by atoms with E-state index in [0.29, 0.717) is 11.7 Å². The summed E-state index contributed by atoms with van der Waals surface area (Å²) in [6.45, 7) is 2.09. The summed E-state index contributed by atoms with van der Waals surface area (Å²) in [5, 5.41) is 9.31. The molecule has 18 heavy (non-hydrogen) atoms. The highest BCUT2D eigenvalue weighted by Crippen LogP contribution is 2.56. The van der Waals surface area contributed by atoms with Gasteiger partial charge in [0.15, 0.2) is 0 Å². The molecule has 0 aliphatic heterocycles. The number of aromatic hydroxyl groups is 1. The molecule has 2 aromatic carbocycles. The van der Waals surface area contributed by atoms with Crippen LogP contribution in [0, 0.1) is 6.92 Å². The van der Waals surface area contributed by atoms with Crippen LogP contribution in [-0.2, 0) is 5.54 Å². The Bertz CT molecular complexity index is 576. The molecule has 0 amide bonds. The number of rotatable bonds is 2. The van der Waals surface area contributed by atoms with Crippen LogP contribution in [0.3, 0.4) is 0 Å². The molecule has 2 aromatic rings. The lowest BCUT2D eigenvalue weighted by atomic mass is 9.98. The summed E-state index contributed by atoms with van der Waals surface area (Å²) in [6, 6.07) is 15.8. The fraction of sp³-hybridized carbons (Fsp3) is 0.250. The van der Waals surface area contributed by atoms with Crippen LogP contribution >= 0.6 is 0 Å². The maximum Gasteiger partial charge on any atom is 0.115 e. The number of phenolic OH excluding ortho intramolecular Hbond substituents is 1. The minimum atomic E-state index is -0.233. The van der Waals surface area contributed by atoms with Crippen LogP contribution in [0.5, 0.6) is 5.75 Å². The molecule has 2 atom stereocenters. The molecule has 1 aliphatic rings. The average molecular weight is 239 g/mol. The van der Waals surface area contributed by atoms with Gasteiger partial charge in [-0.25, -0.2) is 0 Å². The molecule has 0 bridgehead atoms. The summed E-state index contributed by atoms with van der Waals surface area (Å²) >= 11 is 0. The molecule has 2 unspecified atom stereocenters. The summed E-state index contributed by atoms with van der Waals surface area (Å²) in [5.74, 6) is 0.664. The molecule has 0 heterocycles. The molecule has 2 nitrogen and oxygen atoms in total. The van der Waals surface area contributed by atoms with Crippen molar-refractivity contribution < 1.29 is 5.11 Å². The van der Waals surface area contributed by atoms with Crippen molar-refractivity contribution in [2.24, 2.45) is 5.73 Å². The predicted octanol–water partition coefficient (Wildman–Crippen LogP) is 3.04. The minimum absolute atomic E-state index is 0.233. The van der Waals surface area contributed by atoms with Crippen LogP contribution in [0.15, 0.2) is 48.5 Å². The fourth-order valence-electron chi connectivity index (χ4n) is 2.65. The van der Waals surface area contributed by atoms with Gasteiger partial charge in [0.1, 0.15) is 5.75 Å². The average Bonchev–Trinajstić information content (AvgIpc) is 3.04. The molecule has 3 N–H and O–H groups in total. The molecule has 0 radical (unpaired) electrons. The topological polar surface area (TPSA) is 46.2 Å². The number of hydrogen-bond acceptors (Lipinski definition) is 2. The van der Waals surface area contributed by atoms with Crippen molar-refractivity contribution in [3.8, 4) is 5.75 Å². The van der Waals surface area contributed by atoms with E-state index in [9.17, 15) is 5.11 Å². The van der Waals surface area contributed by atoms with Crippen molar-refractivity contribution in [2.45, 2.75) is 24.8 Å². The number of aryl methyl sites for hydroxylation is 1. The van der Waals surface area contributed by atoms with Crippen molar-refractivity contribution in [1.82, 2.24) is 0 Å². The highest BCUT2D eigenvalue weighted by molar-refractivity contribution is 5.43. The van der Waals surface area contributed by atoms with Crippen molar-refractivity contribution >= 4 is 0 Å². The summed E-state index contributed by atoms with van der Waals surface area (Å²) < 4.78 is 0. The third-order valence-electron chi connectivity index (χ3n) is 3.85. The van der Waals surface area contributed by atoms with Crippen LogP contribution in [0.2, 0.25) is 0 Å². The molecule has 0 aromatic heterocycles. The van der Waals surface area contributed by atoms with Crippen LogP contribution in [0.4, 0.5) is 0 Å². The van der Waals surface area contributed by atoms with Crippen LogP contribution < -0.4 is 5.73 Å². The fourth-order valence-corrected chi connectivity index (χ4v) is 2.65. The van der Waals surface area contributed by atoms with E-state index in [1.54, 1.807) is 12.1 Å². The first-order valence-corrected chi connectivity index (χ1v) is 6.24. The molecular weight excluding hydrogens is 222 g/mol. The Labute approximate surface area is 107 Å². The zero-order chi connectivity index (χ0) is 12.8. The third-order valence-corrected chi connectivity index (χ3v) is 3.85. The third kappa shape index (κ3) is 1.79. The first kappa shape index (κ1) is 11.3. The van der Waals surface area contributed by atoms with E-state index in [-0.39, 0.29) is 5.54 Å². The van der Waals surface area contributed by atoms with Gasteiger partial charge >= 0.3 is 0 Å². The molecule has 3 rings (SSSR count). The van der Waals surface area contributed by atoms with E-state index >= 15 is 0 Å². The molecule has 0 spiro atoms. The van der Waals surface area contributed by atoms with E-state index in [2.05, 4.69) is 31.2 Å². The van der Waals surface area contributed by atoms with Crippen LogP contribution in [0.1, 0.15) is 29.0 Å². The van der Waals surface area contributed by atoms with Gasteiger partial charge in [-0.05, 0) is 36.6 Å². The maximum absolute atomic E-state index is 9.31. The molecule has 92 valence electrons. The summed E-state index contributed by atoms with van der Waals surface area (Å²) in [6.07, 6.45) is 0.973. The van der Waals surface area contributed by atoms with Crippen molar-refractivity contribution in [3.63, 3.8) is 0 Å². The zero-order valence-corrected chi connectivity index (χ0v) is 10.4. The number of phenols is 1. The maximum atomic E-state index is 9.31. The van der Waals surface area contributed by atoms with Gasteiger partial charge in [0.2, 0.25) is 0 Å². The Kier molecular flexibility index (Phi) is 2.42. The SMILES string of the molecule is Cc1cccc(C2(N)CC2c2ccc(O)cc2)c1. The molecule has 1 fully saturated rings. The summed E-state index contributed by atoms with van der Waals surface area (Å²) in [4.78, 5) is 0. The second-order valence-electron chi connectivity index (χ2n) is 5.26. The molecule has 2 heteroatoms. The lowest BCUT2D eigenvalue weighted by molar-refractivity contribution is 0.475.